The molecule has 1 aromatic heterocycles. The molecule has 0 aliphatic heterocycles. The fourth-order valence-corrected chi connectivity index (χ4v) is 1.84. The molecule has 1 heterocycles. The molecule has 0 radical (unpaired) electrons. The van der Waals surface area contributed by atoms with Crippen molar-refractivity contribution < 1.29 is 14.3 Å². The van der Waals surface area contributed by atoms with Gasteiger partial charge in [0.1, 0.15) is 12.3 Å². The molecule has 4 N–H and O–H groups in total. The number of hydrazine groups is 1. The summed E-state index contributed by atoms with van der Waals surface area (Å²) in [5, 5.41) is 6.79. The summed E-state index contributed by atoms with van der Waals surface area (Å²) >= 11 is 0. The lowest BCUT2D eigenvalue weighted by Crippen LogP contribution is -2.31. The number of aromatic amines is 1. The van der Waals surface area contributed by atoms with Gasteiger partial charge in [-0.1, -0.05) is 12.1 Å². The van der Waals surface area contributed by atoms with E-state index in [-0.39, 0.29) is 6.61 Å². The predicted octanol–water partition coefficient (Wildman–Crippen LogP) is 0.909. The van der Waals surface area contributed by atoms with Crippen molar-refractivity contribution in [1.29, 1.82) is 0 Å². The van der Waals surface area contributed by atoms with Crippen molar-refractivity contribution in [2.45, 2.75) is 13.5 Å². The van der Waals surface area contributed by atoms with Crippen molar-refractivity contribution in [3.63, 3.8) is 0 Å². The first-order chi connectivity index (χ1) is 9.67. The zero-order valence-corrected chi connectivity index (χ0v) is 11.3. The minimum Gasteiger partial charge on any atom is -0.493 e. The number of nitrogens with zero attached hydrogens (tertiary/aromatic N) is 1. The summed E-state index contributed by atoms with van der Waals surface area (Å²) in [7, 11) is 1.56. The van der Waals surface area contributed by atoms with Crippen LogP contribution in [0.3, 0.4) is 0 Å². The van der Waals surface area contributed by atoms with Gasteiger partial charge in [0.05, 0.1) is 12.7 Å². The molecule has 106 valence electrons. The number of aromatic nitrogens is 2. The van der Waals surface area contributed by atoms with Gasteiger partial charge in [-0.2, -0.15) is 5.10 Å². The van der Waals surface area contributed by atoms with Crippen molar-refractivity contribution in [1.82, 2.24) is 15.6 Å². The van der Waals surface area contributed by atoms with Gasteiger partial charge in [0.2, 0.25) is 0 Å². The number of benzene rings is 1. The summed E-state index contributed by atoms with van der Waals surface area (Å²) in [5.41, 5.74) is 3.60. The van der Waals surface area contributed by atoms with Crippen LogP contribution in [0.5, 0.6) is 11.5 Å². The molecule has 0 aliphatic rings. The highest BCUT2D eigenvalue weighted by Crippen LogP contribution is 2.26. The van der Waals surface area contributed by atoms with Gasteiger partial charge in [-0.15, -0.1) is 0 Å². The average Bonchev–Trinajstić information content (AvgIpc) is 2.85. The van der Waals surface area contributed by atoms with Gasteiger partial charge in [-0.05, 0) is 19.1 Å². The molecule has 1 amide bonds. The monoisotopic (exact) mass is 276 g/mol. The SMILES string of the molecule is COc1ccccc1OCc1n[nH]c(C)c1C(=O)NN. The molecule has 7 heteroatoms. The van der Waals surface area contributed by atoms with Crippen molar-refractivity contribution >= 4 is 5.91 Å². The molecular weight excluding hydrogens is 260 g/mol. The minimum absolute atomic E-state index is 0.132. The van der Waals surface area contributed by atoms with E-state index in [0.29, 0.717) is 28.5 Å². The highest BCUT2D eigenvalue weighted by atomic mass is 16.5. The molecule has 0 spiro atoms. The molecule has 7 nitrogen and oxygen atoms in total. The third-order valence-electron chi connectivity index (χ3n) is 2.81. The zero-order chi connectivity index (χ0) is 14.5. The summed E-state index contributed by atoms with van der Waals surface area (Å²) in [4.78, 5) is 11.7. The molecule has 0 fully saturated rings. The number of nitrogen functional groups attached to an aromatic ring is 1. The molecule has 2 aromatic rings. The highest BCUT2D eigenvalue weighted by Gasteiger charge is 2.18. The Hall–Kier alpha value is -2.54. The van der Waals surface area contributed by atoms with Crippen LogP contribution in [-0.4, -0.2) is 23.2 Å². The normalized spacial score (nSPS) is 10.2. The van der Waals surface area contributed by atoms with Crippen LogP contribution in [0, 0.1) is 6.92 Å². The molecule has 2 rings (SSSR count). The second kappa shape index (κ2) is 6.07. The minimum atomic E-state index is -0.408. The van der Waals surface area contributed by atoms with Gasteiger partial charge in [-0.3, -0.25) is 15.3 Å². The van der Waals surface area contributed by atoms with Gasteiger partial charge in [0.25, 0.3) is 5.91 Å². The maximum Gasteiger partial charge on any atom is 0.269 e. The van der Waals surface area contributed by atoms with Gasteiger partial charge in [-0.25, -0.2) is 5.84 Å². The number of nitrogens with two attached hydrogens (primary N) is 1. The molecule has 0 unspecified atom stereocenters. The van der Waals surface area contributed by atoms with E-state index in [9.17, 15) is 4.79 Å². The van der Waals surface area contributed by atoms with Crippen LogP contribution in [0.25, 0.3) is 0 Å². The molecule has 0 saturated heterocycles. The van der Waals surface area contributed by atoms with E-state index in [4.69, 9.17) is 15.3 Å². The van der Waals surface area contributed by atoms with E-state index in [2.05, 4.69) is 15.6 Å². The lowest BCUT2D eigenvalue weighted by Gasteiger charge is -2.09. The van der Waals surface area contributed by atoms with Crippen molar-refractivity contribution in [2.24, 2.45) is 5.84 Å². The first-order valence-electron chi connectivity index (χ1n) is 5.98. The molecule has 1 aromatic carbocycles. The summed E-state index contributed by atoms with van der Waals surface area (Å²) in [5.74, 6) is 5.94. The smallest absolute Gasteiger partial charge is 0.269 e. The number of hydrogen-bond donors (Lipinski definition) is 3. The number of aryl methyl sites for hydroxylation is 1. The van der Waals surface area contributed by atoms with Crippen LogP contribution in [0.1, 0.15) is 21.7 Å². The number of ether oxygens (including phenoxy) is 2. The van der Waals surface area contributed by atoms with Crippen molar-refractivity contribution in [2.75, 3.05) is 7.11 Å². The molecule has 0 aliphatic carbocycles. The van der Waals surface area contributed by atoms with E-state index in [1.54, 1.807) is 26.2 Å². The fraction of sp³-hybridized carbons (Fsp3) is 0.231. The average molecular weight is 276 g/mol. The summed E-state index contributed by atoms with van der Waals surface area (Å²) in [6.45, 7) is 1.87. The van der Waals surface area contributed by atoms with Crippen LogP contribution in [-0.2, 0) is 6.61 Å². The molecule has 0 atom stereocenters. The first-order valence-corrected chi connectivity index (χ1v) is 5.98. The Morgan fingerprint density at radius 1 is 1.40 bits per heavy atom. The maximum absolute atomic E-state index is 11.7. The maximum atomic E-state index is 11.7. The quantitative estimate of drug-likeness (QED) is 0.428. The van der Waals surface area contributed by atoms with Crippen LogP contribution in [0.2, 0.25) is 0 Å². The third kappa shape index (κ3) is 2.72. The molecule has 20 heavy (non-hydrogen) atoms. The number of rotatable bonds is 5. The molecular formula is C13H16N4O3. The number of H-pyrrole nitrogens is 1. The Labute approximate surface area is 116 Å². The van der Waals surface area contributed by atoms with E-state index < -0.39 is 5.91 Å². The Bertz CT molecular complexity index is 609. The van der Waals surface area contributed by atoms with E-state index in [1.165, 1.54) is 0 Å². The largest absolute Gasteiger partial charge is 0.493 e. The Morgan fingerprint density at radius 3 is 2.75 bits per heavy atom. The number of carbonyl (C=O) groups is 1. The van der Waals surface area contributed by atoms with Crippen molar-refractivity contribution in [3.8, 4) is 11.5 Å². The summed E-state index contributed by atoms with van der Waals surface area (Å²) < 4.78 is 10.8. The molecule has 0 bridgehead atoms. The van der Waals surface area contributed by atoms with E-state index in [0.717, 1.165) is 0 Å². The Balaban J connectivity index is 2.17. The van der Waals surface area contributed by atoms with Crippen LogP contribution in [0.15, 0.2) is 24.3 Å². The number of carbonyl (C=O) groups excluding carboxylic acids is 1. The topological polar surface area (TPSA) is 102 Å². The Kier molecular flexibility index (Phi) is 4.21. The van der Waals surface area contributed by atoms with Crippen LogP contribution >= 0.6 is 0 Å². The first kappa shape index (κ1) is 13.9. The van der Waals surface area contributed by atoms with Crippen molar-refractivity contribution in [3.05, 3.63) is 41.2 Å². The molecule has 0 saturated carbocycles. The number of para-hydroxylation sites is 2. The number of methoxy groups -OCH3 is 1. The van der Waals surface area contributed by atoms with Crippen LogP contribution < -0.4 is 20.7 Å². The summed E-state index contributed by atoms with van der Waals surface area (Å²) in [6.07, 6.45) is 0. The van der Waals surface area contributed by atoms with Gasteiger partial charge < -0.3 is 9.47 Å². The van der Waals surface area contributed by atoms with Crippen LogP contribution in [0.4, 0.5) is 0 Å². The number of amides is 1. The zero-order valence-electron chi connectivity index (χ0n) is 11.3. The van der Waals surface area contributed by atoms with Gasteiger partial charge in [0.15, 0.2) is 11.5 Å². The second-order valence-electron chi connectivity index (χ2n) is 4.08. The fourth-order valence-electron chi connectivity index (χ4n) is 1.84. The van der Waals surface area contributed by atoms with E-state index >= 15 is 0 Å². The van der Waals surface area contributed by atoms with E-state index in [1.807, 2.05) is 12.1 Å². The van der Waals surface area contributed by atoms with Gasteiger partial charge >= 0.3 is 0 Å². The number of hydrogen-bond acceptors (Lipinski definition) is 5. The lowest BCUT2D eigenvalue weighted by atomic mass is 10.2. The Morgan fingerprint density at radius 2 is 2.10 bits per heavy atom. The highest BCUT2D eigenvalue weighted by molar-refractivity contribution is 5.95. The summed E-state index contributed by atoms with van der Waals surface area (Å²) in [6, 6.07) is 7.25. The lowest BCUT2D eigenvalue weighted by molar-refractivity contribution is 0.0950. The second-order valence-corrected chi connectivity index (χ2v) is 4.08. The predicted molar refractivity (Wildman–Crippen MR) is 72.3 cm³/mol. The third-order valence-corrected chi connectivity index (χ3v) is 2.81. The standard InChI is InChI=1S/C13H16N4O3/c1-8-12(13(18)15-14)9(17-16-8)7-20-11-6-4-3-5-10(11)19-2/h3-6H,7,14H2,1-2H3,(H,15,18)(H,16,17). The number of nitrogens with one attached hydrogen (secondary N) is 2. The van der Waals surface area contributed by atoms with Gasteiger partial charge in [0, 0.05) is 5.69 Å².